The van der Waals surface area contributed by atoms with Crippen molar-refractivity contribution in [2.24, 2.45) is 5.73 Å². The van der Waals surface area contributed by atoms with Gasteiger partial charge < -0.3 is 15.2 Å². The standard InChI is InChI=1S/C11H14N2O3S/c1-7(10(14)16-2)8-3-5-9(6-4-8)13-17-11(12)15/h3-7,13H,1-2H3,(H2,12,15). The fourth-order valence-corrected chi connectivity index (χ4v) is 1.62. The normalized spacial score (nSPS) is 11.6. The van der Waals surface area contributed by atoms with Gasteiger partial charge in [0.05, 0.1) is 13.0 Å². The Labute approximate surface area is 104 Å². The lowest BCUT2D eigenvalue weighted by Gasteiger charge is -2.10. The predicted octanol–water partition coefficient (Wildman–Crippen LogP) is 2.10. The van der Waals surface area contributed by atoms with Crippen LogP contribution in [0.1, 0.15) is 18.4 Å². The van der Waals surface area contributed by atoms with Gasteiger partial charge in [0.25, 0.3) is 5.24 Å². The van der Waals surface area contributed by atoms with Gasteiger partial charge in [-0.05, 0) is 24.6 Å². The summed E-state index contributed by atoms with van der Waals surface area (Å²) in [7, 11) is 1.36. The Kier molecular flexibility index (Phi) is 4.84. The summed E-state index contributed by atoms with van der Waals surface area (Å²) in [6.45, 7) is 1.77. The van der Waals surface area contributed by atoms with Crippen LogP contribution < -0.4 is 10.5 Å². The first kappa shape index (κ1) is 13.4. The lowest BCUT2D eigenvalue weighted by molar-refractivity contribution is -0.141. The highest BCUT2D eigenvalue weighted by molar-refractivity contribution is 8.14. The van der Waals surface area contributed by atoms with Gasteiger partial charge in [-0.25, -0.2) is 0 Å². The second-order valence-electron chi connectivity index (χ2n) is 3.39. The number of amides is 1. The molecule has 1 atom stereocenters. The molecule has 5 nitrogen and oxygen atoms in total. The quantitative estimate of drug-likeness (QED) is 0.635. The van der Waals surface area contributed by atoms with Crippen molar-refractivity contribution in [2.75, 3.05) is 11.8 Å². The van der Waals surface area contributed by atoms with Gasteiger partial charge in [-0.3, -0.25) is 9.59 Å². The van der Waals surface area contributed by atoms with E-state index in [-0.39, 0.29) is 11.9 Å². The molecule has 3 N–H and O–H groups in total. The van der Waals surface area contributed by atoms with Gasteiger partial charge in [0.15, 0.2) is 0 Å². The van der Waals surface area contributed by atoms with Gasteiger partial charge in [0.2, 0.25) is 0 Å². The Morgan fingerprint density at radius 2 is 1.94 bits per heavy atom. The number of rotatable bonds is 4. The van der Waals surface area contributed by atoms with E-state index in [1.165, 1.54) is 7.11 Å². The average Bonchev–Trinajstić information content (AvgIpc) is 2.35. The highest BCUT2D eigenvalue weighted by atomic mass is 32.2. The smallest absolute Gasteiger partial charge is 0.312 e. The molecular formula is C11H14N2O3S. The van der Waals surface area contributed by atoms with Gasteiger partial charge in [-0.1, -0.05) is 12.1 Å². The molecule has 6 heteroatoms. The minimum Gasteiger partial charge on any atom is -0.469 e. The van der Waals surface area contributed by atoms with E-state index in [1.807, 2.05) is 0 Å². The highest BCUT2D eigenvalue weighted by Crippen LogP contribution is 2.20. The number of benzene rings is 1. The van der Waals surface area contributed by atoms with E-state index in [0.29, 0.717) is 0 Å². The van der Waals surface area contributed by atoms with Crippen molar-refractivity contribution in [1.29, 1.82) is 0 Å². The van der Waals surface area contributed by atoms with Crippen molar-refractivity contribution in [3.63, 3.8) is 0 Å². The van der Waals surface area contributed by atoms with Crippen LogP contribution in [0.15, 0.2) is 24.3 Å². The topological polar surface area (TPSA) is 81.4 Å². The monoisotopic (exact) mass is 254 g/mol. The zero-order valence-electron chi connectivity index (χ0n) is 9.60. The van der Waals surface area contributed by atoms with Crippen LogP contribution >= 0.6 is 11.9 Å². The maximum atomic E-state index is 11.3. The summed E-state index contributed by atoms with van der Waals surface area (Å²) in [6, 6.07) is 7.13. The Bertz CT molecular complexity index is 406. The molecule has 1 aromatic carbocycles. The maximum Gasteiger partial charge on any atom is 0.312 e. The number of carbonyl (C=O) groups excluding carboxylic acids is 2. The molecule has 92 valence electrons. The summed E-state index contributed by atoms with van der Waals surface area (Å²) in [4.78, 5) is 21.8. The van der Waals surface area contributed by atoms with E-state index >= 15 is 0 Å². The third-order valence-corrected chi connectivity index (χ3v) is 2.77. The molecule has 1 aromatic rings. The number of ether oxygens (including phenoxy) is 1. The van der Waals surface area contributed by atoms with Crippen LogP contribution in [0.25, 0.3) is 0 Å². The van der Waals surface area contributed by atoms with E-state index in [0.717, 1.165) is 23.2 Å². The first-order valence-electron chi connectivity index (χ1n) is 4.94. The Hall–Kier alpha value is -1.69. The third kappa shape index (κ3) is 3.99. The summed E-state index contributed by atoms with van der Waals surface area (Å²) >= 11 is 0.807. The minimum atomic E-state index is -0.503. The van der Waals surface area contributed by atoms with Crippen molar-refractivity contribution < 1.29 is 14.3 Å². The molecule has 17 heavy (non-hydrogen) atoms. The predicted molar refractivity (Wildman–Crippen MR) is 67.7 cm³/mol. The van der Waals surface area contributed by atoms with Crippen LogP contribution in [0.4, 0.5) is 10.5 Å². The highest BCUT2D eigenvalue weighted by Gasteiger charge is 2.14. The molecule has 0 spiro atoms. The third-order valence-electron chi connectivity index (χ3n) is 2.23. The van der Waals surface area contributed by atoms with Gasteiger partial charge in [0, 0.05) is 17.6 Å². The van der Waals surface area contributed by atoms with Gasteiger partial charge in [0.1, 0.15) is 0 Å². The lowest BCUT2D eigenvalue weighted by Crippen LogP contribution is -2.10. The van der Waals surface area contributed by atoms with E-state index in [2.05, 4.69) is 9.46 Å². The molecule has 1 rings (SSSR count). The Morgan fingerprint density at radius 1 is 1.35 bits per heavy atom. The van der Waals surface area contributed by atoms with Crippen molar-refractivity contribution in [3.05, 3.63) is 29.8 Å². The van der Waals surface area contributed by atoms with Crippen molar-refractivity contribution in [3.8, 4) is 0 Å². The van der Waals surface area contributed by atoms with Crippen LogP contribution in [0.3, 0.4) is 0 Å². The first-order valence-corrected chi connectivity index (χ1v) is 5.76. The van der Waals surface area contributed by atoms with Gasteiger partial charge >= 0.3 is 5.97 Å². The number of primary amides is 1. The summed E-state index contributed by atoms with van der Waals surface area (Å²) in [5.74, 6) is -0.588. The Morgan fingerprint density at radius 3 is 2.41 bits per heavy atom. The fraction of sp³-hybridized carbons (Fsp3) is 0.273. The number of nitrogens with one attached hydrogen (secondary N) is 1. The molecule has 0 aliphatic heterocycles. The molecule has 0 heterocycles. The van der Waals surface area contributed by atoms with Gasteiger partial charge in [-0.15, -0.1) is 0 Å². The number of anilines is 1. The van der Waals surface area contributed by atoms with E-state index < -0.39 is 5.24 Å². The molecular weight excluding hydrogens is 240 g/mol. The summed E-state index contributed by atoms with van der Waals surface area (Å²) in [5, 5.41) is -0.503. The zero-order valence-corrected chi connectivity index (χ0v) is 10.4. The molecule has 0 bridgehead atoms. The van der Waals surface area contributed by atoms with Crippen LogP contribution in [-0.2, 0) is 9.53 Å². The van der Waals surface area contributed by atoms with E-state index in [9.17, 15) is 9.59 Å². The van der Waals surface area contributed by atoms with Crippen LogP contribution in [0.5, 0.6) is 0 Å². The molecule has 0 saturated carbocycles. The molecule has 0 aliphatic rings. The lowest BCUT2D eigenvalue weighted by atomic mass is 10.0. The number of hydrogen-bond donors (Lipinski definition) is 2. The second-order valence-corrected chi connectivity index (χ2v) is 4.20. The van der Waals surface area contributed by atoms with Gasteiger partial charge in [-0.2, -0.15) is 0 Å². The molecule has 0 radical (unpaired) electrons. The first-order chi connectivity index (χ1) is 8.04. The molecule has 0 fully saturated rings. The number of nitrogens with two attached hydrogens (primary N) is 1. The Balaban J connectivity index is 2.67. The molecule has 0 aliphatic carbocycles. The minimum absolute atomic E-state index is 0.280. The van der Waals surface area contributed by atoms with E-state index in [1.54, 1.807) is 31.2 Å². The van der Waals surface area contributed by atoms with Crippen molar-refractivity contribution >= 4 is 28.8 Å². The fourth-order valence-electron chi connectivity index (χ4n) is 1.26. The van der Waals surface area contributed by atoms with E-state index in [4.69, 9.17) is 5.73 Å². The van der Waals surface area contributed by atoms with Crippen molar-refractivity contribution in [1.82, 2.24) is 0 Å². The summed E-state index contributed by atoms with van der Waals surface area (Å²) in [6.07, 6.45) is 0. The molecule has 1 amide bonds. The average molecular weight is 254 g/mol. The number of hydrogen-bond acceptors (Lipinski definition) is 5. The SMILES string of the molecule is COC(=O)C(C)c1ccc(NSC(N)=O)cc1. The summed E-state index contributed by atoms with van der Waals surface area (Å²) in [5.41, 5.74) is 6.57. The van der Waals surface area contributed by atoms with Crippen LogP contribution in [0, 0.1) is 0 Å². The number of methoxy groups -OCH3 is 1. The summed E-state index contributed by atoms with van der Waals surface area (Å²) < 4.78 is 7.44. The van der Waals surface area contributed by atoms with Crippen LogP contribution in [-0.4, -0.2) is 18.3 Å². The largest absolute Gasteiger partial charge is 0.469 e. The molecule has 0 aromatic heterocycles. The molecule has 1 unspecified atom stereocenters. The van der Waals surface area contributed by atoms with Crippen LogP contribution in [0.2, 0.25) is 0 Å². The number of carbonyl (C=O) groups is 2. The zero-order chi connectivity index (χ0) is 12.8. The molecule has 0 saturated heterocycles. The van der Waals surface area contributed by atoms with Crippen molar-refractivity contribution in [2.45, 2.75) is 12.8 Å². The second kappa shape index (κ2) is 6.15. The maximum absolute atomic E-state index is 11.3. The number of esters is 1.